The average molecular weight is 498 g/mol. The number of nitrogens with zero attached hydrogens (tertiary/aromatic N) is 6. The molecule has 3 aliphatic rings. The van der Waals surface area contributed by atoms with Crippen molar-refractivity contribution in [3.8, 4) is 11.8 Å². The van der Waals surface area contributed by atoms with Crippen molar-refractivity contribution in [1.82, 2.24) is 19.9 Å². The van der Waals surface area contributed by atoms with Gasteiger partial charge in [0.25, 0.3) is 0 Å². The molecule has 1 aliphatic carbocycles. The minimum absolute atomic E-state index is 0.0870. The number of allylic oxidation sites excluding steroid dienone is 1. The van der Waals surface area contributed by atoms with Crippen molar-refractivity contribution in [3.63, 3.8) is 0 Å². The summed E-state index contributed by atoms with van der Waals surface area (Å²) in [6.07, 6.45) is 6.55. The summed E-state index contributed by atoms with van der Waals surface area (Å²) in [5, 5.41) is 3.29. The van der Waals surface area contributed by atoms with Gasteiger partial charge in [0.05, 0.1) is 12.2 Å². The van der Waals surface area contributed by atoms with E-state index in [1.807, 2.05) is 37.3 Å². The van der Waals surface area contributed by atoms with Gasteiger partial charge >= 0.3 is 6.01 Å². The summed E-state index contributed by atoms with van der Waals surface area (Å²) in [6, 6.07) is 11.1. The highest BCUT2D eigenvalue weighted by Crippen LogP contribution is 2.33. The molecule has 4 heterocycles. The van der Waals surface area contributed by atoms with Crippen LogP contribution in [0.25, 0.3) is 11.6 Å². The molecular formula is C28H28FN7O. The normalized spacial score (nSPS) is 17.3. The molecule has 0 atom stereocenters. The second kappa shape index (κ2) is 9.74. The first-order valence-corrected chi connectivity index (χ1v) is 12.4. The molecule has 0 saturated carbocycles. The van der Waals surface area contributed by atoms with Crippen LogP contribution in [0.2, 0.25) is 0 Å². The van der Waals surface area contributed by atoms with Crippen LogP contribution in [0, 0.1) is 5.82 Å². The summed E-state index contributed by atoms with van der Waals surface area (Å²) in [4.78, 5) is 22.7. The SMILES string of the molecule is CC1=Cc2cc(Oc3nc(NC4=NCC(c5ccccn5)=C4)cc(N4CCN(C)CC4)n3)c(F)cc2C1. The minimum atomic E-state index is -0.423. The van der Waals surface area contributed by atoms with Crippen LogP contribution in [-0.4, -0.2) is 65.5 Å². The maximum Gasteiger partial charge on any atom is 0.326 e. The lowest BCUT2D eigenvalue weighted by Gasteiger charge is -2.33. The second-order valence-electron chi connectivity index (χ2n) is 9.65. The molecule has 188 valence electrons. The van der Waals surface area contributed by atoms with Crippen molar-refractivity contribution < 1.29 is 9.13 Å². The van der Waals surface area contributed by atoms with Gasteiger partial charge in [-0.05, 0) is 61.9 Å². The lowest BCUT2D eigenvalue weighted by Crippen LogP contribution is -2.44. The highest BCUT2D eigenvalue weighted by Gasteiger charge is 2.21. The number of fused-ring (bicyclic) bond motifs is 1. The third kappa shape index (κ3) is 5.08. The topological polar surface area (TPSA) is 78.8 Å². The quantitative estimate of drug-likeness (QED) is 0.559. The van der Waals surface area contributed by atoms with E-state index in [0.29, 0.717) is 18.2 Å². The van der Waals surface area contributed by atoms with Crippen molar-refractivity contribution in [2.24, 2.45) is 4.99 Å². The molecule has 2 aromatic heterocycles. The second-order valence-corrected chi connectivity index (χ2v) is 9.65. The molecule has 6 rings (SSSR count). The highest BCUT2D eigenvalue weighted by atomic mass is 19.1. The van der Waals surface area contributed by atoms with Gasteiger partial charge in [-0.3, -0.25) is 9.98 Å². The Morgan fingerprint density at radius 3 is 2.70 bits per heavy atom. The minimum Gasteiger partial charge on any atom is -0.421 e. The number of likely N-dealkylation sites (N-methyl/N-ethyl adjacent to an activating group) is 1. The number of rotatable bonds is 5. The molecule has 1 aromatic carbocycles. The van der Waals surface area contributed by atoms with Gasteiger partial charge in [-0.25, -0.2) is 4.39 Å². The fourth-order valence-electron chi connectivity index (χ4n) is 4.75. The zero-order valence-electron chi connectivity index (χ0n) is 20.9. The fourth-order valence-corrected chi connectivity index (χ4v) is 4.75. The van der Waals surface area contributed by atoms with E-state index in [1.54, 1.807) is 18.3 Å². The fraction of sp³-hybridized carbons (Fsp3) is 0.286. The van der Waals surface area contributed by atoms with E-state index in [0.717, 1.165) is 60.8 Å². The lowest BCUT2D eigenvalue weighted by molar-refractivity contribution is 0.311. The number of nitrogens with one attached hydrogen (secondary N) is 1. The molecule has 0 unspecified atom stereocenters. The van der Waals surface area contributed by atoms with Gasteiger partial charge in [0.2, 0.25) is 0 Å². The Morgan fingerprint density at radius 1 is 1.03 bits per heavy atom. The van der Waals surface area contributed by atoms with Gasteiger partial charge in [0.1, 0.15) is 17.5 Å². The summed E-state index contributed by atoms with van der Waals surface area (Å²) in [6.45, 7) is 6.08. The molecule has 9 heteroatoms. The van der Waals surface area contributed by atoms with Gasteiger partial charge < -0.3 is 19.9 Å². The van der Waals surface area contributed by atoms with E-state index in [9.17, 15) is 4.39 Å². The molecule has 3 aromatic rings. The van der Waals surface area contributed by atoms with E-state index in [4.69, 9.17) is 4.74 Å². The van der Waals surface area contributed by atoms with E-state index < -0.39 is 5.82 Å². The van der Waals surface area contributed by atoms with Crippen molar-refractivity contribution in [2.75, 3.05) is 50.0 Å². The smallest absolute Gasteiger partial charge is 0.326 e. The van der Waals surface area contributed by atoms with Crippen LogP contribution < -0.4 is 15.0 Å². The summed E-state index contributed by atoms with van der Waals surface area (Å²) in [5.41, 5.74) is 5.05. The van der Waals surface area contributed by atoms with Gasteiger partial charge in [0, 0.05) is 44.0 Å². The van der Waals surface area contributed by atoms with Crippen LogP contribution in [-0.2, 0) is 6.42 Å². The summed E-state index contributed by atoms with van der Waals surface area (Å²) >= 11 is 0. The predicted molar refractivity (Wildman–Crippen MR) is 144 cm³/mol. The summed E-state index contributed by atoms with van der Waals surface area (Å²) < 4.78 is 20.9. The van der Waals surface area contributed by atoms with E-state index in [1.165, 1.54) is 5.57 Å². The zero-order chi connectivity index (χ0) is 25.4. The van der Waals surface area contributed by atoms with Crippen molar-refractivity contribution in [2.45, 2.75) is 13.3 Å². The Labute approximate surface area is 215 Å². The number of ether oxygens (including phenoxy) is 1. The number of aliphatic imine (C=N–C) groups is 1. The predicted octanol–water partition coefficient (Wildman–Crippen LogP) is 4.42. The molecule has 0 amide bonds. The molecule has 0 bridgehead atoms. The molecule has 37 heavy (non-hydrogen) atoms. The first-order valence-electron chi connectivity index (χ1n) is 12.4. The first-order chi connectivity index (χ1) is 18.0. The van der Waals surface area contributed by atoms with Crippen LogP contribution >= 0.6 is 0 Å². The molecule has 1 N–H and O–H groups in total. The van der Waals surface area contributed by atoms with E-state index in [-0.39, 0.29) is 11.8 Å². The zero-order valence-corrected chi connectivity index (χ0v) is 20.9. The number of benzene rings is 1. The molecule has 2 aliphatic heterocycles. The third-order valence-electron chi connectivity index (χ3n) is 6.77. The number of piperazine rings is 1. The standard InChI is InChI=1S/C28H28FN7O/c1-18-11-19-13-22(29)24(14-20(19)12-18)37-28-33-26(16-27(34-28)36-9-7-35(2)8-10-36)32-25-15-21(17-31-25)23-5-3-4-6-30-23/h3-6,12-16H,7-11,17H2,1-2H3,(H,31,32,33,34). The Bertz CT molecular complexity index is 1430. The van der Waals surface area contributed by atoms with E-state index >= 15 is 0 Å². The lowest BCUT2D eigenvalue weighted by atomic mass is 10.1. The molecule has 0 spiro atoms. The molecule has 0 radical (unpaired) electrons. The Morgan fingerprint density at radius 2 is 1.89 bits per heavy atom. The van der Waals surface area contributed by atoms with Crippen LogP contribution in [0.5, 0.6) is 11.8 Å². The number of hydrogen-bond donors (Lipinski definition) is 1. The van der Waals surface area contributed by atoms with Gasteiger partial charge in [-0.15, -0.1) is 0 Å². The van der Waals surface area contributed by atoms with Crippen molar-refractivity contribution in [3.05, 3.63) is 76.9 Å². The maximum absolute atomic E-state index is 14.9. The van der Waals surface area contributed by atoms with Crippen LogP contribution in [0.3, 0.4) is 0 Å². The van der Waals surface area contributed by atoms with Crippen molar-refractivity contribution >= 4 is 29.1 Å². The number of aromatic nitrogens is 3. The monoisotopic (exact) mass is 497 g/mol. The Hall–Kier alpha value is -4.11. The number of halogens is 1. The maximum atomic E-state index is 14.9. The van der Waals surface area contributed by atoms with Crippen LogP contribution in [0.1, 0.15) is 23.7 Å². The average Bonchev–Trinajstić information content (AvgIpc) is 3.50. The third-order valence-corrected chi connectivity index (χ3v) is 6.77. The number of anilines is 2. The Balaban J connectivity index is 1.29. The summed E-state index contributed by atoms with van der Waals surface area (Å²) in [7, 11) is 2.11. The van der Waals surface area contributed by atoms with Gasteiger partial charge in [-0.1, -0.05) is 17.7 Å². The molecular weight excluding hydrogens is 469 g/mol. The highest BCUT2D eigenvalue weighted by molar-refractivity contribution is 6.10. The van der Waals surface area contributed by atoms with Crippen molar-refractivity contribution in [1.29, 1.82) is 0 Å². The van der Waals surface area contributed by atoms with Crippen LogP contribution in [0.4, 0.5) is 16.0 Å². The Kier molecular flexibility index (Phi) is 6.13. The largest absolute Gasteiger partial charge is 0.421 e. The molecule has 1 fully saturated rings. The summed E-state index contributed by atoms with van der Waals surface area (Å²) in [5.74, 6) is 1.63. The molecule has 8 nitrogen and oxygen atoms in total. The number of pyridine rings is 1. The first kappa shape index (κ1) is 23.3. The van der Waals surface area contributed by atoms with Crippen LogP contribution in [0.15, 0.2) is 59.2 Å². The number of amidine groups is 1. The molecule has 1 saturated heterocycles. The number of hydrogen-bond acceptors (Lipinski definition) is 8. The van der Waals surface area contributed by atoms with Gasteiger partial charge in [-0.2, -0.15) is 9.97 Å². The van der Waals surface area contributed by atoms with Gasteiger partial charge in [0.15, 0.2) is 11.6 Å². The van der Waals surface area contributed by atoms with E-state index in [2.05, 4.69) is 48.2 Å².